The zero-order valence-corrected chi connectivity index (χ0v) is 12.6. The molecule has 0 aromatic heterocycles. The van der Waals surface area contributed by atoms with E-state index in [0.717, 1.165) is 11.8 Å². The van der Waals surface area contributed by atoms with Crippen molar-refractivity contribution in [1.82, 2.24) is 5.32 Å². The lowest BCUT2D eigenvalue weighted by Gasteiger charge is -2.16. The van der Waals surface area contributed by atoms with Crippen LogP contribution in [0.4, 0.5) is 0 Å². The highest BCUT2D eigenvalue weighted by Crippen LogP contribution is 2.36. The van der Waals surface area contributed by atoms with Gasteiger partial charge >= 0.3 is 0 Å². The highest BCUT2D eigenvalue weighted by molar-refractivity contribution is 8.00. The Bertz CT molecular complexity index is 381. The van der Waals surface area contributed by atoms with E-state index in [1.807, 2.05) is 0 Å². The number of nitrogens with one attached hydrogen (secondary N) is 1. The Morgan fingerprint density at radius 2 is 2.00 bits per heavy atom. The molecule has 0 radical (unpaired) electrons. The van der Waals surface area contributed by atoms with Gasteiger partial charge in [-0.15, -0.1) is 11.8 Å². The average Bonchev–Trinajstić information content (AvgIpc) is 2.82. The third kappa shape index (κ3) is 4.03. The van der Waals surface area contributed by atoms with Gasteiger partial charge in [-0.1, -0.05) is 44.4 Å². The van der Waals surface area contributed by atoms with Gasteiger partial charge in [-0.05, 0) is 31.4 Å². The summed E-state index contributed by atoms with van der Waals surface area (Å²) < 4.78 is 0. The van der Waals surface area contributed by atoms with Crippen LogP contribution in [0.25, 0.3) is 0 Å². The molecule has 1 aromatic rings. The fraction of sp³-hybridized carbons (Fsp3) is 0.625. The molecule has 0 unspecified atom stereocenters. The first-order chi connectivity index (χ1) is 8.65. The van der Waals surface area contributed by atoms with E-state index < -0.39 is 0 Å². The van der Waals surface area contributed by atoms with Gasteiger partial charge < -0.3 is 5.32 Å². The van der Waals surface area contributed by atoms with Crippen molar-refractivity contribution in [3.63, 3.8) is 0 Å². The van der Waals surface area contributed by atoms with Gasteiger partial charge in [0.05, 0.1) is 0 Å². The van der Waals surface area contributed by atoms with E-state index in [-0.39, 0.29) is 0 Å². The van der Waals surface area contributed by atoms with Crippen LogP contribution >= 0.6 is 11.8 Å². The molecule has 1 aliphatic rings. The van der Waals surface area contributed by atoms with E-state index in [1.165, 1.54) is 41.7 Å². The van der Waals surface area contributed by atoms with Crippen molar-refractivity contribution in [3.8, 4) is 0 Å². The van der Waals surface area contributed by atoms with Crippen molar-refractivity contribution in [3.05, 3.63) is 29.3 Å². The standard InChI is InChI=1S/C16H25NS/c1-12(2)17-11-14-10-13(3)8-9-16(14)18-15-6-4-5-7-15/h8-10,12,15,17H,4-7,11H2,1-3H3. The fourth-order valence-electron chi connectivity index (χ4n) is 2.46. The first-order valence-electron chi connectivity index (χ1n) is 7.14. The minimum absolute atomic E-state index is 0.551. The second-order valence-electron chi connectivity index (χ2n) is 5.67. The highest BCUT2D eigenvalue weighted by atomic mass is 32.2. The molecular weight excluding hydrogens is 238 g/mol. The molecule has 1 nitrogen and oxygen atoms in total. The smallest absolute Gasteiger partial charge is 0.0219 e. The quantitative estimate of drug-likeness (QED) is 0.837. The Balaban J connectivity index is 2.06. The molecule has 2 rings (SSSR count). The van der Waals surface area contributed by atoms with Gasteiger partial charge in [0.15, 0.2) is 0 Å². The van der Waals surface area contributed by atoms with Crippen LogP contribution in [0.5, 0.6) is 0 Å². The Hall–Kier alpha value is -0.470. The molecule has 0 aliphatic heterocycles. The summed E-state index contributed by atoms with van der Waals surface area (Å²) in [6.07, 6.45) is 5.64. The van der Waals surface area contributed by atoms with Crippen LogP contribution in [0.3, 0.4) is 0 Å². The van der Waals surface area contributed by atoms with E-state index in [1.54, 1.807) is 0 Å². The van der Waals surface area contributed by atoms with Crippen molar-refractivity contribution < 1.29 is 0 Å². The summed E-state index contributed by atoms with van der Waals surface area (Å²) in [6, 6.07) is 7.45. The van der Waals surface area contributed by atoms with E-state index in [2.05, 4.69) is 56.0 Å². The lowest BCUT2D eigenvalue weighted by molar-refractivity contribution is 0.584. The van der Waals surface area contributed by atoms with Crippen molar-refractivity contribution >= 4 is 11.8 Å². The Morgan fingerprint density at radius 3 is 2.67 bits per heavy atom. The van der Waals surface area contributed by atoms with E-state index in [9.17, 15) is 0 Å². The van der Waals surface area contributed by atoms with E-state index >= 15 is 0 Å². The number of rotatable bonds is 5. The first kappa shape index (κ1) is 14.0. The predicted molar refractivity (Wildman–Crippen MR) is 81.3 cm³/mol. The Kier molecular flexibility index (Phi) is 5.13. The zero-order valence-electron chi connectivity index (χ0n) is 11.8. The van der Waals surface area contributed by atoms with Gasteiger partial charge in [-0.2, -0.15) is 0 Å². The molecule has 0 saturated heterocycles. The molecular formula is C16H25NS. The fourth-order valence-corrected chi connectivity index (χ4v) is 3.82. The molecule has 1 fully saturated rings. The summed E-state index contributed by atoms with van der Waals surface area (Å²) in [5, 5.41) is 4.39. The molecule has 0 amide bonds. The average molecular weight is 263 g/mol. The summed E-state index contributed by atoms with van der Waals surface area (Å²) in [6.45, 7) is 7.59. The molecule has 0 heterocycles. The molecule has 18 heavy (non-hydrogen) atoms. The predicted octanol–water partition coefficient (Wildman–Crippen LogP) is 4.53. The van der Waals surface area contributed by atoms with E-state index in [4.69, 9.17) is 0 Å². The number of hydrogen-bond acceptors (Lipinski definition) is 2. The number of thioether (sulfide) groups is 1. The third-order valence-corrected chi connectivity index (χ3v) is 4.97. The van der Waals surface area contributed by atoms with Crippen LogP contribution in [0.2, 0.25) is 0 Å². The molecule has 0 atom stereocenters. The van der Waals surface area contributed by atoms with Crippen molar-refractivity contribution in [2.45, 2.75) is 69.2 Å². The topological polar surface area (TPSA) is 12.0 Å². The maximum Gasteiger partial charge on any atom is 0.0219 e. The van der Waals surface area contributed by atoms with Crippen LogP contribution in [-0.4, -0.2) is 11.3 Å². The van der Waals surface area contributed by atoms with Crippen LogP contribution in [0.15, 0.2) is 23.1 Å². The van der Waals surface area contributed by atoms with Gasteiger partial charge in [0.25, 0.3) is 0 Å². The Morgan fingerprint density at radius 1 is 1.28 bits per heavy atom. The van der Waals surface area contributed by atoms with Gasteiger partial charge in [-0.3, -0.25) is 0 Å². The van der Waals surface area contributed by atoms with Crippen LogP contribution in [-0.2, 0) is 6.54 Å². The summed E-state index contributed by atoms with van der Waals surface area (Å²) in [4.78, 5) is 1.49. The number of hydrogen-bond donors (Lipinski definition) is 1. The maximum absolute atomic E-state index is 3.54. The molecule has 2 heteroatoms. The minimum Gasteiger partial charge on any atom is -0.310 e. The molecule has 1 aliphatic carbocycles. The van der Waals surface area contributed by atoms with Crippen molar-refractivity contribution in [1.29, 1.82) is 0 Å². The molecule has 0 spiro atoms. The SMILES string of the molecule is Cc1ccc(SC2CCCC2)c(CNC(C)C)c1. The monoisotopic (exact) mass is 263 g/mol. The van der Waals surface area contributed by atoms with Crippen LogP contribution < -0.4 is 5.32 Å². The van der Waals surface area contributed by atoms with Crippen LogP contribution in [0.1, 0.15) is 50.7 Å². The molecule has 0 bridgehead atoms. The van der Waals surface area contributed by atoms with Gasteiger partial charge in [0.1, 0.15) is 0 Å². The van der Waals surface area contributed by atoms with Crippen molar-refractivity contribution in [2.75, 3.05) is 0 Å². The second kappa shape index (κ2) is 6.63. The van der Waals surface area contributed by atoms with Crippen molar-refractivity contribution in [2.24, 2.45) is 0 Å². The summed E-state index contributed by atoms with van der Waals surface area (Å²) in [5.41, 5.74) is 2.84. The third-order valence-electron chi connectivity index (χ3n) is 3.51. The Labute approximate surface area is 116 Å². The number of benzene rings is 1. The molecule has 1 saturated carbocycles. The lowest BCUT2D eigenvalue weighted by atomic mass is 10.1. The molecule has 1 aromatic carbocycles. The van der Waals surface area contributed by atoms with Crippen LogP contribution in [0, 0.1) is 6.92 Å². The molecule has 1 N–H and O–H groups in total. The van der Waals surface area contributed by atoms with Gasteiger partial charge in [0, 0.05) is 22.7 Å². The largest absolute Gasteiger partial charge is 0.310 e. The molecule has 100 valence electrons. The minimum atomic E-state index is 0.551. The van der Waals surface area contributed by atoms with Gasteiger partial charge in [-0.25, -0.2) is 0 Å². The second-order valence-corrected chi connectivity index (χ2v) is 7.01. The van der Waals surface area contributed by atoms with Gasteiger partial charge in [0.2, 0.25) is 0 Å². The summed E-state index contributed by atoms with van der Waals surface area (Å²) >= 11 is 2.10. The number of aryl methyl sites for hydroxylation is 1. The first-order valence-corrected chi connectivity index (χ1v) is 8.02. The summed E-state index contributed by atoms with van der Waals surface area (Å²) in [7, 11) is 0. The normalized spacial score (nSPS) is 16.7. The van der Waals surface area contributed by atoms with E-state index in [0.29, 0.717) is 6.04 Å². The highest BCUT2D eigenvalue weighted by Gasteiger charge is 2.17. The maximum atomic E-state index is 3.54. The summed E-state index contributed by atoms with van der Waals surface area (Å²) in [5.74, 6) is 0. The zero-order chi connectivity index (χ0) is 13.0. The lowest BCUT2D eigenvalue weighted by Crippen LogP contribution is -2.22.